The van der Waals surface area contributed by atoms with Crippen molar-refractivity contribution in [2.75, 3.05) is 6.54 Å². The summed E-state index contributed by atoms with van der Waals surface area (Å²) >= 11 is 0. The van der Waals surface area contributed by atoms with Crippen LogP contribution in [0.15, 0.2) is 24.3 Å². The second kappa shape index (κ2) is 10.1. The molecule has 3 rings (SSSR count). The molecule has 2 atom stereocenters. The van der Waals surface area contributed by atoms with Crippen LogP contribution >= 0.6 is 0 Å². The van der Waals surface area contributed by atoms with Gasteiger partial charge in [0.1, 0.15) is 17.7 Å². The van der Waals surface area contributed by atoms with Crippen LogP contribution in [-0.4, -0.2) is 70.2 Å². The van der Waals surface area contributed by atoms with Gasteiger partial charge in [-0.05, 0) is 80.1 Å². The van der Waals surface area contributed by atoms with Gasteiger partial charge in [-0.2, -0.15) is 0 Å². The van der Waals surface area contributed by atoms with Crippen LogP contribution in [0.5, 0.6) is 0 Å². The molecular formula is C26H40BN3O6. The topological polar surface area (TPSA) is 111 Å². The molecule has 1 aromatic rings. The number of piperidine rings is 1. The smallest absolute Gasteiger partial charge is 0.444 e. The molecule has 1 aromatic carbocycles. The zero-order valence-electron chi connectivity index (χ0n) is 22.8. The van der Waals surface area contributed by atoms with Crippen LogP contribution in [0.2, 0.25) is 0 Å². The largest absolute Gasteiger partial charge is 0.494 e. The molecule has 2 aliphatic heterocycles. The predicted octanol–water partition coefficient (Wildman–Crippen LogP) is 3.05. The predicted molar refractivity (Wildman–Crippen MR) is 138 cm³/mol. The molecule has 2 N–H and O–H groups in total. The number of hydrogen-bond donors (Lipinski definition) is 1. The molecule has 0 radical (unpaired) electrons. The molecule has 2 saturated heterocycles. The van der Waals surface area contributed by atoms with Gasteiger partial charge in [0.05, 0.1) is 11.2 Å². The number of benzene rings is 1. The number of ketones is 1. The van der Waals surface area contributed by atoms with E-state index in [0.29, 0.717) is 18.5 Å². The zero-order valence-corrected chi connectivity index (χ0v) is 22.8. The minimum absolute atomic E-state index is 0.300. The Morgan fingerprint density at radius 3 is 2.17 bits per heavy atom. The summed E-state index contributed by atoms with van der Waals surface area (Å²) in [6, 6.07) is 5.27. The molecule has 2 unspecified atom stereocenters. The number of amides is 2. The standard InChI is InChI=1S/C26H40BN3O6/c1-17(30(28)22(32)20-11-9-10-16-29(20)23(33)34-24(2,3)4)21(31)18-12-14-19(15-13-18)27-35-25(5,6)26(7,8)36-27/h12-15,17,20H,9-11,16,28H2,1-8H3. The van der Waals surface area contributed by atoms with Crippen LogP contribution in [0.1, 0.15) is 85.0 Å². The first-order valence-corrected chi connectivity index (χ1v) is 12.6. The van der Waals surface area contributed by atoms with Gasteiger partial charge >= 0.3 is 13.2 Å². The van der Waals surface area contributed by atoms with Crippen LogP contribution in [0.3, 0.4) is 0 Å². The first-order chi connectivity index (χ1) is 16.5. The molecule has 9 nitrogen and oxygen atoms in total. The molecule has 0 saturated carbocycles. The van der Waals surface area contributed by atoms with Crippen molar-refractivity contribution >= 4 is 30.4 Å². The van der Waals surface area contributed by atoms with Crippen molar-refractivity contribution in [2.45, 2.75) is 104 Å². The van der Waals surface area contributed by atoms with E-state index in [1.807, 2.05) is 27.7 Å². The fourth-order valence-corrected chi connectivity index (χ4v) is 4.24. The van der Waals surface area contributed by atoms with Crippen LogP contribution in [0, 0.1) is 0 Å². The van der Waals surface area contributed by atoms with Crippen LogP contribution in [0.4, 0.5) is 4.79 Å². The van der Waals surface area contributed by atoms with Crippen molar-refractivity contribution in [3.05, 3.63) is 29.8 Å². The molecule has 0 spiro atoms. The maximum absolute atomic E-state index is 13.3. The first kappa shape index (κ1) is 28.2. The van der Waals surface area contributed by atoms with Crippen LogP contribution in [-0.2, 0) is 18.8 Å². The Kier molecular flexibility index (Phi) is 7.93. The third-order valence-corrected chi connectivity index (χ3v) is 7.19. The first-order valence-electron chi connectivity index (χ1n) is 12.6. The molecular weight excluding hydrogens is 461 g/mol. The molecule has 198 valence electrons. The Morgan fingerprint density at radius 1 is 1.08 bits per heavy atom. The number of likely N-dealkylation sites (tertiary alicyclic amines) is 1. The number of hydrazine groups is 1. The average Bonchev–Trinajstić information content (AvgIpc) is 3.02. The summed E-state index contributed by atoms with van der Waals surface area (Å²) in [4.78, 5) is 40.6. The highest BCUT2D eigenvalue weighted by Gasteiger charge is 2.51. The minimum atomic E-state index is -0.914. The van der Waals surface area contributed by atoms with E-state index in [-0.39, 0.29) is 5.78 Å². The van der Waals surface area contributed by atoms with E-state index in [1.165, 1.54) is 4.90 Å². The van der Waals surface area contributed by atoms with Gasteiger partial charge in [0, 0.05) is 12.1 Å². The average molecular weight is 501 g/mol. The quantitative estimate of drug-likeness (QED) is 0.217. The van der Waals surface area contributed by atoms with Crippen molar-refractivity contribution in [3.63, 3.8) is 0 Å². The number of rotatable bonds is 5. The third-order valence-electron chi connectivity index (χ3n) is 7.19. The number of hydrogen-bond acceptors (Lipinski definition) is 7. The Bertz CT molecular complexity index is 972. The van der Waals surface area contributed by atoms with E-state index in [9.17, 15) is 14.4 Å². The number of nitrogens with zero attached hydrogens (tertiary/aromatic N) is 2. The van der Waals surface area contributed by atoms with Gasteiger partial charge in [0.2, 0.25) is 0 Å². The number of nitrogens with two attached hydrogens (primary N) is 1. The van der Waals surface area contributed by atoms with E-state index in [0.717, 1.165) is 23.3 Å². The maximum Gasteiger partial charge on any atom is 0.494 e. The molecule has 10 heteroatoms. The number of Topliss-reactive ketones (excluding diaryl/α,β-unsaturated/α-hetero) is 1. The second-order valence-electron chi connectivity index (χ2n) is 11.7. The molecule has 2 heterocycles. The Labute approximate surface area is 214 Å². The molecule has 0 bridgehead atoms. The van der Waals surface area contributed by atoms with Gasteiger partial charge < -0.3 is 14.0 Å². The lowest BCUT2D eigenvalue weighted by Crippen LogP contribution is -2.58. The number of carbonyl (C=O) groups is 3. The molecule has 2 aliphatic rings. The SMILES string of the molecule is CC(C(=O)c1ccc(B2OC(C)(C)C(C)(C)O2)cc1)N(N)C(=O)C1CCCCN1C(=O)OC(C)(C)C. The Morgan fingerprint density at radius 2 is 1.64 bits per heavy atom. The summed E-state index contributed by atoms with van der Waals surface area (Å²) in [7, 11) is -0.533. The fraction of sp³-hybridized carbons (Fsp3) is 0.654. The van der Waals surface area contributed by atoms with Crippen LogP contribution < -0.4 is 11.3 Å². The molecule has 36 heavy (non-hydrogen) atoms. The molecule has 0 aliphatic carbocycles. The van der Waals surface area contributed by atoms with Gasteiger partial charge in [0.15, 0.2) is 5.78 Å². The normalized spacial score (nSPS) is 22.2. The Hall–Kier alpha value is -2.43. The van der Waals surface area contributed by atoms with Gasteiger partial charge in [-0.3, -0.25) is 19.5 Å². The molecule has 0 aromatic heterocycles. The number of carbonyl (C=O) groups excluding carboxylic acids is 3. The highest BCUT2D eigenvalue weighted by Crippen LogP contribution is 2.36. The van der Waals surface area contributed by atoms with Crippen LogP contribution in [0.25, 0.3) is 0 Å². The van der Waals surface area contributed by atoms with Crippen molar-refractivity contribution in [2.24, 2.45) is 5.84 Å². The lowest BCUT2D eigenvalue weighted by molar-refractivity contribution is -0.139. The maximum atomic E-state index is 13.3. The van der Waals surface area contributed by atoms with Crippen molar-refractivity contribution in [3.8, 4) is 0 Å². The lowest BCUT2D eigenvalue weighted by atomic mass is 9.78. The summed E-state index contributed by atoms with van der Waals surface area (Å²) in [5.41, 5.74) is -0.395. The molecule has 2 fully saturated rings. The zero-order chi connectivity index (χ0) is 27.1. The summed E-state index contributed by atoms with van der Waals surface area (Å²) in [5, 5.41) is 0.942. The summed E-state index contributed by atoms with van der Waals surface area (Å²) < 4.78 is 17.6. The summed E-state index contributed by atoms with van der Waals surface area (Å²) in [6.45, 7) is 15.3. The fourth-order valence-electron chi connectivity index (χ4n) is 4.24. The van der Waals surface area contributed by atoms with E-state index >= 15 is 0 Å². The Balaban J connectivity index is 1.69. The molecule has 2 amide bonds. The van der Waals surface area contributed by atoms with Gasteiger partial charge in [-0.15, -0.1) is 0 Å². The van der Waals surface area contributed by atoms with E-state index in [2.05, 4.69) is 0 Å². The van der Waals surface area contributed by atoms with Crippen molar-refractivity contribution in [1.82, 2.24) is 9.91 Å². The summed E-state index contributed by atoms with van der Waals surface area (Å²) in [6.07, 6.45) is 1.48. The van der Waals surface area contributed by atoms with Gasteiger partial charge in [-0.25, -0.2) is 10.6 Å². The third kappa shape index (κ3) is 5.93. The van der Waals surface area contributed by atoms with E-state index in [1.54, 1.807) is 52.0 Å². The highest BCUT2D eigenvalue weighted by atomic mass is 16.7. The monoisotopic (exact) mass is 501 g/mol. The van der Waals surface area contributed by atoms with Gasteiger partial charge in [0.25, 0.3) is 5.91 Å². The lowest BCUT2D eigenvalue weighted by Gasteiger charge is -2.38. The number of ether oxygens (including phenoxy) is 1. The minimum Gasteiger partial charge on any atom is -0.444 e. The second-order valence-corrected chi connectivity index (χ2v) is 11.7. The van der Waals surface area contributed by atoms with Gasteiger partial charge in [-0.1, -0.05) is 24.3 Å². The van der Waals surface area contributed by atoms with Crippen molar-refractivity contribution < 1.29 is 28.4 Å². The van der Waals surface area contributed by atoms with Crippen molar-refractivity contribution in [1.29, 1.82) is 0 Å². The van der Waals surface area contributed by atoms with E-state index in [4.69, 9.17) is 19.9 Å². The van der Waals surface area contributed by atoms with E-state index < -0.39 is 48.0 Å². The highest BCUT2D eigenvalue weighted by molar-refractivity contribution is 6.62. The summed E-state index contributed by atoms with van der Waals surface area (Å²) in [5.74, 6) is 5.38.